The van der Waals surface area contributed by atoms with E-state index in [0.717, 1.165) is 36.3 Å². The van der Waals surface area contributed by atoms with Gasteiger partial charge in [0, 0.05) is 30.3 Å². The van der Waals surface area contributed by atoms with Crippen molar-refractivity contribution in [1.82, 2.24) is 19.7 Å². The van der Waals surface area contributed by atoms with Crippen LogP contribution >= 0.6 is 0 Å². The minimum absolute atomic E-state index is 0.0215. The molecule has 9 nitrogen and oxygen atoms in total. The molecule has 36 heavy (non-hydrogen) atoms. The van der Waals surface area contributed by atoms with Gasteiger partial charge < -0.3 is 9.47 Å². The minimum atomic E-state index is -4.97. The highest BCUT2D eigenvalue weighted by molar-refractivity contribution is 7.92. The van der Waals surface area contributed by atoms with E-state index in [-0.39, 0.29) is 29.6 Å². The number of fused-ring (bicyclic) bond motifs is 1. The summed E-state index contributed by atoms with van der Waals surface area (Å²) < 4.78 is 90.4. The summed E-state index contributed by atoms with van der Waals surface area (Å²) in [7, 11) is -1.90. The van der Waals surface area contributed by atoms with Gasteiger partial charge >= 0.3 is 6.18 Å². The third-order valence-corrected chi connectivity index (χ3v) is 6.19. The predicted octanol–water partition coefficient (Wildman–Crippen LogP) is 4.06. The van der Waals surface area contributed by atoms with Gasteiger partial charge in [0.15, 0.2) is 5.75 Å². The minimum Gasteiger partial charge on any atom is -0.480 e. The molecule has 1 N–H and O–H groups in total. The quantitative estimate of drug-likeness (QED) is 0.346. The number of anilines is 1. The molecule has 0 unspecified atom stereocenters. The zero-order chi connectivity index (χ0) is 26.1. The fraction of sp³-hybridized carbons (Fsp3) is 0.227. The van der Waals surface area contributed by atoms with Crippen LogP contribution in [0.25, 0.3) is 22.2 Å². The van der Waals surface area contributed by atoms with E-state index in [1.807, 2.05) is 24.3 Å². The lowest BCUT2D eigenvalue weighted by Gasteiger charge is -2.14. The zero-order valence-electron chi connectivity index (χ0n) is 18.9. The molecule has 0 aliphatic carbocycles. The van der Waals surface area contributed by atoms with Crippen molar-refractivity contribution in [2.75, 3.05) is 17.6 Å². The largest absolute Gasteiger partial charge is 0.480 e. The summed E-state index contributed by atoms with van der Waals surface area (Å²) in [6.45, 7) is 0.0305. The lowest BCUT2D eigenvalue weighted by atomic mass is 10.1. The first-order valence-corrected chi connectivity index (χ1v) is 11.9. The van der Waals surface area contributed by atoms with Crippen LogP contribution < -0.4 is 14.2 Å². The fourth-order valence-corrected chi connectivity index (χ4v) is 4.47. The van der Waals surface area contributed by atoms with Gasteiger partial charge in [-0.25, -0.2) is 22.8 Å². The number of halogens is 4. The summed E-state index contributed by atoms with van der Waals surface area (Å²) in [6, 6.07) is 11.0. The summed E-state index contributed by atoms with van der Waals surface area (Å²) in [6.07, 6.45) is -3.83. The molecule has 0 aliphatic rings. The highest BCUT2D eigenvalue weighted by atomic mass is 32.2. The van der Waals surface area contributed by atoms with Gasteiger partial charge in [-0.2, -0.15) is 18.3 Å². The Balaban J connectivity index is 1.61. The number of nitrogens with one attached hydrogen (secondary N) is 1. The van der Waals surface area contributed by atoms with Crippen molar-refractivity contribution in [3.63, 3.8) is 0 Å². The number of hydrogen-bond donors (Lipinski definition) is 1. The van der Waals surface area contributed by atoms with E-state index in [0.29, 0.717) is 5.69 Å². The predicted molar refractivity (Wildman–Crippen MR) is 122 cm³/mol. The van der Waals surface area contributed by atoms with Crippen molar-refractivity contribution < 1.29 is 35.5 Å². The van der Waals surface area contributed by atoms with E-state index >= 15 is 0 Å². The molecule has 4 aromatic rings. The highest BCUT2D eigenvalue weighted by Crippen LogP contribution is 2.31. The number of benzene rings is 1. The lowest BCUT2D eigenvalue weighted by molar-refractivity contribution is -0.106. The van der Waals surface area contributed by atoms with Crippen LogP contribution in [0.1, 0.15) is 5.69 Å². The maximum atomic E-state index is 14.6. The second-order valence-corrected chi connectivity index (χ2v) is 9.34. The van der Waals surface area contributed by atoms with Gasteiger partial charge in [0.2, 0.25) is 21.8 Å². The van der Waals surface area contributed by atoms with Crippen molar-refractivity contribution in [1.29, 1.82) is 0 Å². The topological polar surface area (TPSA) is 108 Å². The molecule has 1 aromatic carbocycles. The van der Waals surface area contributed by atoms with Gasteiger partial charge in [0.1, 0.15) is 29.5 Å². The number of rotatable bonds is 8. The molecule has 0 spiro atoms. The molecular formula is C22H19F4N5O4S. The molecular weight excluding hydrogens is 506 g/mol. The highest BCUT2D eigenvalue weighted by Gasteiger charge is 2.35. The van der Waals surface area contributed by atoms with Crippen LogP contribution in [0.2, 0.25) is 0 Å². The standard InChI is InChI=1S/C22H19F4N5O4S/c1-31-18-6-4-3-5-14(18)17(29-31)11-35-19-8-7-15(23)20(28-19)13-9-16(21(34-2)27-10-13)30-36(32,33)12-22(24,25)26/h3-10,30H,11-12H2,1-2H3. The first kappa shape index (κ1) is 25.2. The molecule has 14 heteroatoms. The zero-order valence-corrected chi connectivity index (χ0v) is 19.7. The summed E-state index contributed by atoms with van der Waals surface area (Å²) >= 11 is 0. The van der Waals surface area contributed by atoms with Crippen LogP contribution in [0.5, 0.6) is 11.8 Å². The molecule has 0 aliphatic heterocycles. The van der Waals surface area contributed by atoms with Crippen molar-refractivity contribution in [3.8, 4) is 23.0 Å². The number of aryl methyl sites for hydroxylation is 1. The number of pyridine rings is 2. The van der Waals surface area contributed by atoms with Gasteiger partial charge in [-0.05, 0) is 18.2 Å². The van der Waals surface area contributed by atoms with E-state index in [1.165, 1.54) is 6.07 Å². The Labute approximate surface area is 202 Å². The summed E-state index contributed by atoms with van der Waals surface area (Å²) in [5, 5.41) is 5.29. The number of hydrogen-bond acceptors (Lipinski definition) is 7. The number of ether oxygens (including phenoxy) is 2. The first-order valence-electron chi connectivity index (χ1n) is 10.3. The molecule has 3 heterocycles. The van der Waals surface area contributed by atoms with Crippen molar-refractivity contribution >= 4 is 26.6 Å². The Morgan fingerprint density at radius 2 is 1.89 bits per heavy atom. The summed E-state index contributed by atoms with van der Waals surface area (Å²) in [4.78, 5) is 7.99. The van der Waals surface area contributed by atoms with E-state index in [4.69, 9.17) is 9.47 Å². The van der Waals surface area contributed by atoms with Crippen LogP contribution in [0.3, 0.4) is 0 Å². The average molecular weight is 525 g/mol. The van der Waals surface area contributed by atoms with Crippen LogP contribution in [0.15, 0.2) is 48.7 Å². The molecule has 0 amide bonds. The van der Waals surface area contributed by atoms with Gasteiger partial charge in [-0.3, -0.25) is 9.40 Å². The maximum Gasteiger partial charge on any atom is 0.404 e. The molecule has 3 aromatic heterocycles. The Bertz CT molecular complexity index is 1520. The number of para-hydroxylation sites is 1. The monoisotopic (exact) mass is 525 g/mol. The third-order valence-electron chi connectivity index (χ3n) is 4.95. The van der Waals surface area contributed by atoms with Gasteiger partial charge in [-0.15, -0.1) is 0 Å². The number of aromatic nitrogens is 4. The Morgan fingerprint density at radius 3 is 2.61 bits per heavy atom. The second kappa shape index (κ2) is 9.60. The smallest absolute Gasteiger partial charge is 0.404 e. The molecule has 190 valence electrons. The van der Waals surface area contributed by atoms with Gasteiger partial charge in [-0.1, -0.05) is 18.2 Å². The number of sulfonamides is 1. The second-order valence-electron chi connectivity index (χ2n) is 7.61. The molecule has 0 saturated carbocycles. The fourth-order valence-electron chi connectivity index (χ4n) is 3.48. The number of methoxy groups -OCH3 is 1. The van der Waals surface area contributed by atoms with E-state index < -0.39 is 33.5 Å². The molecule has 4 rings (SSSR count). The Morgan fingerprint density at radius 1 is 1.14 bits per heavy atom. The Hall–Kier alpha value is -3.94. The summed E-state index contributed by atoms with van der Waals surface area (Å²) in [5.74, 6) is -3.18. The van der Waals surface area contributed by atoms with Crippen molar-refractivity contribution in [2.24, 2.45) is 7.05 Å². The molecule has 0 radical (unpaired) electrons. The van der Waals surface area contributed by atoms with Crippen LogP contribution in [0, 0.1) is 5.82 Å². The van der Waals surface area contributed by atoms with Crippen LogP contribution in [0.4, 0.5) is 23.2 Å². The van der Waals surface area contributed by atoms with Gasteiger partial charge in [0.05, 0.1) is 12.6 Å². The van der Waals surface area contributed by atoms with Crippen LogP contribution in [-0.2, 0) is 23.7 Å². The SMILES string of the molecule is COc1ncc(-c2nc(OCc3nn(C)c4ccccc34)ccc2F)cc1NS(=O)(=O)CC(F)(F)F. The molecule has 0 saturated heterocycles. The van der Waals surface area contributed by atoms with E-state index in [9.17, 15) is 26.0 Å². The van der Waals surface area contributed by atoms with Crippen molar-refractivity contribution in [2.45, 2.75) is 12.8 Å². The molecule has 0 fully saturated rings. The average Bonchev–Trinajstić information content (AvgIpc) is 3.12. The lowest BCUT2D eigenvalue weighted by Crippen LogP contribution is -2.28. The maximum absolute atomic E-state index is 14.6. The number of nitrogens with zero attached hydrogens (tertiary/aromatic N) is 4. The third kappa shape index (κ3) is 5.64. The molecule has 0 atom stereocenters. The van der Waals surface area contributed by atoms with Crippen LogP contribution in [-0.4, -0.2) is 47.2 Å². The van der Waals surface area contributed by atoms with Gasteiger partial charge in [0.25, 0.3) is 0 Å². The number of alkyl halides is 3. The van der Waals surface area contributed by atoms with E-state index in [2.05, 4.69) is 15.1 Å². The first-order chi connectivity index (χ1) is 17.0. The van der Waals surface area contributed by atoms with Crippen molar-refractivity contribution in [3.05, 3.63) is 60.2 Å². The molecule has 0 bridgehead atoms. The normalized spacial score (nSPS) is 12.1. The summed E-state index contributed by atoms with van der Waals surface area (Å²) in [5.41, 5.74) is 0.838. The van der Waals surface area contributed by atoms with E-state index in [1.54, 1.807) is 16.5 Å². The Kier molecular flexibility index (Phi) is 6.71.